The van der Waals surface area contributed by atoms with Gasteiger partial charge < -0.3 is 19.7 Å². The second-order valence-electron chi connectivity index (χ2n) is 5.16. The number of hydrogen-bond donors (Lipinski definition) is 2. The molecule has 8 heteroatoms. The van der Waals surface area contributed by atoms with Crippen molar-refractivity contribution in [1.82, 2.24) is 14.5 Å². The van der Waals surface area contributed by atoms with E-state index in [-0.39, 0.29) is 12.2 Å². The van der Waals surface area contributed by atoms with Gasteiger partial charge in [0.2, 0.25) is 5.43 Å². The number of rotatable bonds is 3. The molecule has 0 bridgehead atoms. The minimum absolute atomic E-state index is 0.185. The summed E-state index contributed by atoms with van der Waals surface area (Å²) in [4.78, 5) is 40.9. The maximum atomic E-state index is 12.5. The third kappa shape index (κ3) is 2.54. The van der Waals surface area contributed by atoms with Crippen molar-refractivity contribution in [1.29, 1.82) is 0 Å². The van der Waals surface area contributed by atoms with E-state index in [2.05, 4.69) is 4.98 Å². The lowest BCUT2D eigenvalue weighted by molar-refractivity contribution is 0.0663. The van der Waals surface area contributed by atoms with Gasteiger partial charge in [0, 0.05) is 38.2 Å². The van der Waals surface area contributed by atoms with E-state index in [4.69, 9.17) is 5.11 Å². The molecule has 2 aromatic heterocycles. The number of amides is 1. The normalized spacial score (nSPS) is 13.7. The first-order valence-corrected chi connectivity index (χ1v) is 6.87. The van der Waals surface area contributed by atoms with Gasteiger partial charge in [0.15, 0.2) is 11.4 Å². The lowest BCUT2D eigenvalue weighted by Gasteiger charge is -2.30. The van der Waals surface area contributed by atoms with Gasteiger partial charge in [-0.3, -0.25) is 14.6 Å². The number of carboxylic acid groups (broad SMARTS) is 1. The number of hydrogen-bond acceptors (Lipinski definition) is 5. The average Bonchev–Trinajstić information content (AvgIpc) is 2.54. The summed E-state index contributed by atoms with van der Waals surface area (Å²) >= 11 is 0. The van der Waals surface area contributed by atoms with Crippen molar-refractivity contribution in [2.24, 2.45) is 0 Å². The van der Waals surface area contributed by atoms with Crippen LogP contribution in [0.3, 0.4) is 0 Å². The summed E-state index contributed by atoms with van der Waals surface area (Å²) in [6.45, 7) is 0.915. The quantitative estimate of drug-likeness (QED) is 0.842. The van der Waals surface area contributed by atoms with Crippen molar-refractivity contribution in [2.75, 3.05) is 6.54 Å². The first-order chi connectivity index (χ1) is 11.0. The molecule has 0 radical (unpaired) electrons. The van der Waals surface area contributed by atoms with Crippen LogP contribution < -0.4 is 5.43 Å². The predicted octanol–water partition coefficient (Wildman–Crippen LogP) is 0.303. The van der Waals surface area contributed by atoms with E-state index >= 15 is 0 Å². The number of aromatic carboxylic acids is 1. The molecular weight excluding hydrogens is 302 g/mol. The number of aromatic nitrogens is 2. The van der Waals surface area contributed by atoms with E-state index in [0.717, 1.165) is 11.8 Å². The molecule has 0 aliphatic carbocycles. The van der Waals surface area contributed by atoms with Crippen molar-refractivity contribution in [2.45, 2.75) is 13.1 Å². The molecule has 3 heterocycles. The molecule has 23 heavy (non-hydrogen) atoms. The lowest BCUT2D eigenvalue weighted by atomic mass is 10.1. The topological polar surface area (TPSA) is 113 Å². The number of carboxylic acids is 1. The summed E-state index contributed by atoms with van der Waals surface area (Å²) in [5, 5.41) is 18.9. The molecule has 1 amide bonds. The van der Waals surface area contributed by atoms with Crippen molar-refractivity contribution in [3.05, 3.63) is 57.8 Å². The number of carbonyl (C=O) groups is 2. The summed E-state index contributed by atoms with van der Waals surface area (Å²) in [5.74, 6) is -2.79. The predicted molar refractivity (Wildman–Crippen MR) is 78.3 cm³/mol. The van der Waals surface area contributed by atoms with Crippen LogP contribution >= 0.6 is 0 Å². The minimum Gasteiger partial charge on any atom is -0.503 e. The van der Waals surface area contributed by atoms with Crippen LogP contribution in [0.2, 0.25) is 0 Å². The van der Waals surface area contributed by atoms with Crippen LogP contribution in [0.4, 0.5) is 0 Å². The monoisotopic (exact) mass is 315 g/mol. The average molecular weight is 315 g/mol. The fourth-order valence-corrected chi connectivity index (χ4v) is 2.55. The summed E-state index contributed by atoms with van der Waals surface area (Å²) in [7, 11) is 0. The van der Waals surface area contributed by atoms with Crippen molar-refractivity contribution < 1.29 is 19.8 Å². The summed E-state index contributed by atoms with van der Waals surface area (Å²) in [5.41, 5.74) is -0.978. The molecule has 0 atom stereocenters. The zero-order chi connectivity index (χ0) is 16.6. The molecule has 0 spiro atoms. The van der Waals surface area contributed by atoms with Crippen LogP contribution in [-0.4, -0.2) is 43.1 Å². The highest BCUT2D eigenvalue weighted by molar-refractivity contribution is 5.97. The van der Waals surface area contributed by atoms with Crippen LogP contribution in [-0.2, 0) is 13.1 Å². The van der Waals surface area contributed by atoms with E-state index in [0.29, 0.717) is 13.1 Å². The third-order valence-electron chi connectivity index (χ3n) is 3.68. The number of aromatic hydroxyl groups is 1. The zero-order valence-electron chi connectivity index (χ0n) is 12.0. The lowest BCUT2D eigenvalue weighted by Crippen LogP contribution is -2.41. The highest BCUT2D eigenvalue weighted by Crippen LogP contribution is 2.21. The van der Waals surface area contributed by atoms with E-state index in [1.807, 2.05) is 6.07 Å². The smallest absolute Gasteiger partial charge is 0.341 e. The molecule has 2 N–H and O–H groups in total. The van der Waals surface area contributed by atoms with Gasteiger partial charge in [-0.05, 0) is 11.6 Å². The fraction of sp³-hybridized carbons (Fsp3) is 0.200. The molecule has 0 saturated heterocycles. The van der Waals surface area contributed by atoms with E-state index in [1.54, 1.807) is 18.5 Å². The highest BCUT2D eigenvalue weighted by Gasteiger charge is 2.30. The van der Waals surface area contributed by atoms with Crippen LogP contribution in [0.1, 0.15) is 26.4 Å². The van der Waals surface area contributed by atoms with E-state index in [9.17, 15) is 19.5 Å². The standard InChI is InChI=1S/C15H13N3O5/c19-12-10(15(22)23)8-17-4-5-18(14(21)11(17)13(12)20)7-9-2-1-3-16-6-9/h1-3,6,8,20H,4-5,7H2,(H,22,23). The molecule has 0 fully saturated rings. The summed E-state index contributed by atoms with van der Waals surface area (Å²) in [6.07, 6.45) is 4.34. The molecule has 2 aromatic rings. The second-order valence-corrected chi connectivity index (χ2v) is 5.16. The number of nitrogens with zero attached hydrogens (tertiary/aromatic N) is 3. The maximum Gasteiger partial charge on any atom is 0.341 e. The Labute approximate surface area is 130 Å². The molecule has 3 rings (SSSR count). The Morgan fingerprint density at radius 2 is 2.09 bits per heavy atom. The molecule has 1 aliphatic heterocycles. The zero-order valence-corrected chi connectivity index (χ0v) is 12.0. The van der Waals surface area contributed by atoms with Crippen molar-refractivity contribution in [3.8, 4) is 5.75 Å². The number of carbonyl (C=O) groups excluding carboxylic acids is 1. The Morgan fingerprint density at radius 1 is 1.30 bits per heavy atom. The molecule has 1 aliphatic rings. The van der Waals surface area contributed by atoms with Gasteiger partial charge in [0.1, 0.15) is 5.56 Å². The van der Waals surface area contributed by atoms with Crippen molar-refractivity contribution >= 4 is 11.9 Å². The van der Waals surface area contributed by atoms with Crippen LogP contribution in [0.5, 0.6) is 5.75 Å². The Morgan fingerprint density at radius 3 is 2.74 bits per heavy atom. The van der Waals surface area contributed by atoms with Gasteiger partial charge in [-0.1, -0.05) is 6.07 Å². The fourth-order valence-electron chi connectivity index (χ4n) is 2.55. The van der Waals surface area contributed by atoms with Gasteiger partial charge in [0.05, 0.1) is 0 Å². The van der Waals surface area contributed by atoms with Gasteiger partial charge in [-0.25, -0.2) is 4.79 Å². The second kappa shape index (κ2) is 5.56. The van der Waals surface area contributed by atoms with Gasteiger partial charge >= 0.3 is 5.97 Å². The Kier molecular flexibility index (Phi) is 3.57. The third-order valence-corrected chi connectivity index (χ3v) is 3.68. The van der Waals surface area contributed by atoms with Crippen LogP contribution in [0, 0.1) is 0 Å². The summed E-state index contributed by atoms with van der Waals surface area (Å²) in [6, 6.07) is 3.56. The Hall–Kier alpha value is -3.16. The minimum atomic E-state index is -1.44. The SMILES string of the molecule is O=C(O)c1cn2c(c(O)c1=O)C(=O)N(Cc1cccnc1)CC2. The van der Waals surface area contributed by atoms with Gasteiger partial charge in [0.25, 0.3) is 5.91 Å². The van der Waals surface area contributed by atoms with Gasteiger partial charge in [-0.15, -0.1) is 0 Å². The first-order valence-electron chi connectivity index (χ1n) is 6.87. The first kappa shape index (κ1) is 14.8. The van der Waals surface area contributed by atoms with Crippen LogP contribution in [0.25, 0.3) is 0 Å². The van der Waals surface area contributed by atoms with Crippen LogP contribution in [0.15, 0.2) is 35.5 Å². The number of fused-ring (bicyclic) bond motifs is 1. The summed E-state index contributed by atoms with van der Waals surface area (Å²) < 4.78 is 1.31. The van der Waals surface area contributed by atoms with E-state index < -0.39 is 28.6 Å². The molecule has 0 aromatic carbocycles. The maximum absolute atomic E-state index is 12.5. The number of pyridine rings is 2. The largest absolute Gasteiger partial charge is 0.503 e. The molecule has 0 unspecified atom stereocenters. The Balaban J connectivity index is 1.99. The van der Waals surface area contributed by atoms with Crippen molar-refractivity contribution in [3.63, 3.8) is 0 Å². The molecule has 0 saturated carbocycles. The highest BCUT2D eigenvalue weighted by atomic mass is 16.4. The molecular formula is C15H13N3O5. The van der Waals surface area contributed by atoms with E-state index in [1.165, 1.54) is 9.47 Å². The molecule has 118 valence electrons. The van der Waals surface area contributed by atoms with Gasteiger partial charge in [-0.2, -0.15) is 0 Å². The Bertz CT molecular complexity index is 844. The molecule has 8 nitrogen and oxygen atoms in total.